The summed E-state index contributed by atoms with van der Waals surface area (Å²) in [5.74, 6) is 0.891. The summed E-state index contributed by atoms with van der Waals surface area (Å²) in [4.78, 5) is 14.2. The van der Waals surface area contributed by atoms with E-state index in [1.807, 2.05) is 24.3 Å². The fourth-order valence-electron chi connectivity index (χ4n) is 3.05. The zero-order valence-corrected chi connectivity index (χ0v) is 17.2. The van der Waals surface area contributed by atoms with E-state index in [4.69, 9.17) is 4.74 Å². The summed E-state index contributed by atoms with van der Waals surface area (Å²) in [5, 5.41) is 0. The highest BCUT2D eigenvalue weighted by atomic mass is 32.2. The molecule has 0 bridgehead atoms. The fourth-order valence-corrected chi connectivity index (χ4v) is 4.12. The van der Waals surface area contributed by atoms with Gasteiger partial charge in [0.25, 0.3) is 0 Å². The summed E-state index contributed by atoms with van der Waals surface area (Å²) in [5.41, 5.74) is 0.941. The third kappa shape index (κ3) is 6.07. The predicted octanol–water partition coefficient (Wildman–Crippen LogP) is 2.76. The second-order valence-corrected chi connectivity index (χ2v) is 9.04. The maximum absolute atomic E-state index is 12.4. The molecule has 0 saturated carbocycles. The topological polar surface area (TPSA) is 66.9 Å². The molecule has 0 spiro atoms. The molecule has 1 heterocycles. The van der Waals surface area contributed by atoms with Crippen LogP contribution in [0.1, 0.15) is 38.7 Å². The number of piperidine rings is 1. The summed E-state index contributed by atoms with van der Waals surface area (Å²) in [6.07, 6.45) is 5.67. The molecule has 7 heteroatoms. The number of carbonyl (C=O) groups excluding carboxylic acids is 1. The first kappa shape index (κ1) is 21.4. The lowest BCUT2D eigenvalue weighted by Gasteiger charge is -2.35. The molecular formula is C20H30N2O4S. The highest BCUT2D eigenvalue weighted by molar-refractivity contribution is 7.89. The van der Waals surface area contributed by atoms with Gasteiger partial charge < -0.3 is 9.64 Å². The fraction of sp³-hybridized carbons (Fsp3) is 0.550. The van der Waals surface area contributed by atoms with Crippen molar-refractivity contribution in [2.24, 2.45) is 0 Å². The summed E-state index contributed by atoms with van der Waals surface area (Å²) in [7, 11) is -1.55. The Bertz CT molecular complexity index is 736. The maximum Gasteiger partial charge on any atom is 0.246 e. The maximum atomic E-state index is 12.4. The van der Waals surface area contributed by atoms with E-state index in [1.165, 1.54) is 4.31 Å². The SMILES string of the molecule is CCCOc1ccc(C=CC(=O)N2CCC(N(C)S(=O)(=O)CC)CC2)cc1. The summed E-state index contributed by atoms with van der Waals surface area (Å²) >= 11 is 0. The third-order valence-corrected chi connectivity index (χ3v) is 6.77. The second kappa shape index (κ2) is 9.90. The van der Waals surface area contributed by atoms with Crippen LogP contribution in [0.25, 0.3) is 6.08 Å². The van der Waals surface area contributed by atoms with Crippen molar-refractivity contribution >= 4 is 22.0 Å². The molecule has 1 amide bonds. The minimum absolute atomic E-state index is 0.0290. The second-order valence-electron chi connectivity index (χ2n) is 6.72. The summed E-state index contributed by atoms with van der Waals surface area (Å²) in [6, 6.07) is 7.61. The van der Waals surface area contributed by atoms with Crippen LogP contribution < -0.4 is 4.74 Å². The number of ether oxygens (including phenoxy) is 1. The average Bonchev–Trinajstić information content (AvgIpc) is 2.70. The molecule has 0 aliphatic carbocycles. The Morgan fingerprint density at radius 2 is 1.85 bits per heavy atom. The molecule has 1 saturated heterocycles. The van der Waals surface area contributed by atoms with Crippen molar-refractivity contribution < 1.29 is 17.9 Å². The molecule has 0 unspecified atom stereocenters. The van der Waals surface area contributed by atoms with Crippen LogP contribution >= 0.6 is 0 Å². The number of sulfonamides is 1. The third-order valence-electron chi connectivity index (χ3n) is 4.87. The molecule has 1 aromatic rings. The number of hydrogen-bond donors (Lipinski definition) is 0. The molecule has 0 N–H and O–H groups in total. The average molecular weight is 395 g/mol. The summed E-state index contributed by atoms with van der Waals surface area (Å²) < 4.78 is 31.0. The quantitative estimate of drug-likeness (QED) is 0.636. The van der Waals surface area contributed by atoms with Crippen LogP contribution in [0.3, 0.4) is 0 Å². The molecule has 1 fully saturated rings. The lowest BCUT2D eigenvalue weighted by Crippen LogP contribution is -2.47. The first-order valence-corrected chi connectivity index (χ1v) is 11.1. The molecule has 150 valence electrons. The largest absolute Gasteiger partial charge is 0.494 e. The minimum atomic E-state index is -3.19. The lowest BCUT2D eigenvalue weighted by molar-refractivity contribution is -0.127. The molecule has 6 nitrogen and oxygen atoms in total. The van der Waals surface area contributed by atoms with Gasteiger partial charge in [-0.15, -0.1) is 0 Å². The van der Waals surface area contributed by atoms with E-state index in [2.05, 4.69) is 6.92 Å². The Balaban J connectivity index is 1.86. The molecule has 0 aromatic heterocycles. The van der Waals surface area contributed by atoms with E-state index in [1.54, 1.807) is 31.0 Å². The van der Waals surface area contributed by atoms with Crippen molar-refractivity contribution in [2.45, 2.75) is 39.2 Å². The van der Waals surface area contributed by atoms with Gasteiger partial charge in [-0.05, 0) is 50.0 Å². The van der Waals surface area contributed by atoms with Crippen molar-refractivity contribution in [1.29, 1.82) is 0 Å². The zero-order chi connectivity index (χ0) is 19.9. The minimum Gasteiger partial charge on any atom is -0.494 e. The number of rotatable bonds is 8. The van der Waals surface area contributed by atoms with Crippen molar-refractivity contribution in [2.75, 3.05) is 32.5 Å². The molecule has 2 rings (SSSR count). The van der Waals surface area contributed by atoms with Gasteiger partial charge in [-0.1, -0.05) is 19.1 Å². The molecule has 0 atom stereocenters. The number of likely N-dealkylation sites (tertiary alicyclic amines) is 1. The highest BCUT2D eigenvalue weighted by Crippen LogP contribution is 2.19. The van der Waals surface area contributed by atoms with E-state index in [9.17, 15) is 13.2 Å². The Hall–Kier alpha value is -1.86. The first-order chi connectivity index (χ1) is 12.9. The molecule has 27 heavy (non-hydrogen) atoms. The Kier molecular flexibility index (Phi) is 7.86. The lowest BCUT2D eigenvalue weighted by atomic mass is 10.1. The van der Waals surface area contributed by atoms with Gasteiger partial charge in [-0.25, -0.2) is 12.7 Å². The van der Waals surface area contributed by atoms with E-state index < -0.39 is 10.0 Å². The van der Waals surface area contributed by atoms with E-state index in [0.717, 1.165) is 17.7 Å². The van der Waals surface area contributed by atoms with Gasteiger partial charge in [0.05, 0.1) is 12.4 Å². The number of amides is 1. The monoisotopic (exact) mass is 394 g/mol. The smallest absolute Gasteiger partial charge is 0.246 e. The van der Waals surface area contributed by atoms with Crippen LogP contribution in [0.4, 0.5) is 0 Å². The van der Waals surface area contributed by atoms with Crippen LogP contribution in [-0.4, -0.2) is 62.1 Å². The zero-order valence-electron chi connectivity index (χ0n) is 16.4. The van der Waals surface area contributed by atoms with Crippen LogP contribution in [0.2, 0.25) is 0 Å². The normalized spacial score (nSPS) is 16.2. The van der Waals surface area contributed by atoms with E-state index in [-0.39, 0.29) is 17.7 Å². The van der Waals surface area contributed by atoms with Crippen LogP contribution in [0, 0.1) is 0 Å². The van der Waals surface area contributed by atoms with E-state index >= 15 is 0 Å². The number of benzene rings is 1. The Labute approximate surface area is 162 Å². The van der Waals surface area contributed by atoms with Gasteiger partial charge in [-0.2, -0.15) is 0 Å². The van der Waals surface area contributed by atoms with Crippen molar-refractivity contribution in [3.8, 4) is 5.75 Å². The van der Waals surface area contributed by atoms with E-state index in [0.29, 0.717) is 32.5 Å². The van der Waals surface area contributed by atoms with Crippen LogP contribution in [0.15, 0.2) is 30.3 Å². The standard InChI is InChI=1S/C20H30N2O4S/c1-4-16-26-19-9-6-17(7-10-19)8-11-20(23)22-14-12-18(13-15-22)21(3)27(24,25)5-2/h6-11,18H,4-5,12-16H2,1-3H3. The molecule has 0 radical (unpaired) electrons. The molecule has 1 aromatic carbocycles. The van der Waals surface area contributed by atoms with Gasteiger partial charge in [-0.3, -0.25) is 4.79 Å². The van der Waals surface area contributed by atoms with Gasteiger partial charge in [0.1, 0.15) is 5.75 Å². The molecule has 1 aliphatic heterocycles. The Morgan fingerprint density at radius 3 is 2.41 bits per heavy atom. The van der Waals surface area contributed by atoms with Gasteiger partial charge in [0, 0.05) is 32.3 Å². The van der Waals surface area contributed by atoms with Gasteiger partial charge >= 0.3 is 0 Å². The number of hydrogen-bond acceptors (Lipinski definition) is 4. The van der Waals surface area contributed by atoms with Crippen molar-refractivity contribution in [1.82, 2.24) is 9.21 Å². The molecule has 1 aliphatic rings. The highest BCUT2D eigenvalue weighted by Gasteiger charge is 2.29. The summed E-state index contributed by atoms with van der Waals surface area (Å²) in [6.45, 7) is 5.55. The first-order valence-electron chi connectivity index (χ1n) is 9.53. The van der Waals surface area contributed by atoms with Crippen LogP contribution in [-0.2, 0) is 14.8 Å². The number of carbonyl (C=O) groups is 1. The van der Waals surface area contributed by atoms with Gasteiger partial charge in [0.2, 0.25) is 15.9 Å². The van der Waals surface area contributed by atoms with Gasteiger partial charge in [0.15, 0.2) is 0 Å². The number of nitrogens with zero attached hydrogens (tertiary/aromatic N) is 2. The molecular weight excluding hydrogens is 364 g/mol. The van der Waals surface area contributed by atoms with Crippen LogP contribution in [0.5, 0.6) is 5.75 Å². The Morgan fingerprint density at radius 1 is 1.22 bits per heavy atom. The van der Waals surface area contributed by atoms with Crippen molar-refractivity contribution in [3.05, 3.63) is 35.9 Å². The van der Waals surface area contributed by atoms with Crippen molar-refractivity contribution in [3.63, 3.8) is 0 Å². The predicted molar refractivity (Wildman–Crippen MR) is 108 cm³/mol.